The zero-order valence-electron chi connectivity index (χ0n) is 15.0. The van der Waals surface area contributed by atoms with Gasteiger partial charge in [0, 0.05) is 11.6 Å². The van der Waals surface area contributed by atoms with Crippen molar-refractivity contribution in [3.63, 3.8) is 0 Å². The van der Waals surface area contributed by atoms with Gasteiger partial charge in [-0.15, -0.1) is 10.2 Å². The van der Waals surface area contributed by atoms with Crippen LogP contribution < -0.4 is 10.6 Å². The predicted molar refractivity (Wildman–Crippen MR) is 107 cm³/mol. The molecule has 26 heavy (non-hydrogen) atoms. The molecule has 0 aliphatic carbocycles. The molecule has 6 nitrogen and oxygen atoms in total. The number of nitrogens with zero attached hydrogens (tertiary/aromatic N) is 3. The van der Waals surface area contributed by atoms with Gasteiger partial charge in [-0.1, -0.05) is 32.9 Å². The highest BCUT2D eigenvalue weighted by atomic mass is 32.1. The van der Waals surface area contributed by atoms with Crippen LogP contribution in [0, 0.1) is 5.92 Å². The number of amides is 1. The molecule has 0 saturated carbocycles. The van der Waals surface area contributed by atoms with Crippen molar-refractivity contribution in [2.24, 2.45) is 5.92 Å². The van der Waals surface area contributed by atoms with Gasteiger partial charge < -0.3 is 10.6 Å². The monoisotopic (exact) mass is 367 g/mol. The predicted octanol–water partition coefficient (Wildman–Crippen LogP) is 3.45. The Morgan fingerprint density at radius 2 is 1.81 bits per heavy atom. The third-order valence-corrected chi connectivity index (χ3v) is 4.18. The highest BCUT2D eigenvalue weighted by molar-refractivity contribution is 7.80. The number of thiocarbonyl (C=S) groups is 1. The lowest BCUT2D eigenvalue weighted by atomic mass is 10.2. The molecule has 1 aromatic heterocycles. The normalized spacial score (nSPS) is 10.9. The Kier molecular flexibility index (Phi) is 5.27. The fraction of sp³-hybridized carbons (Fsp3) is 0.263. The van der Waals surface area contributed by atoms with E-state index in [9.17, 15) is 4.79 Å². The van der Waals surface area contributed by atoms with Crippen LogP contribution in [0.25, 0.3) is 16.7 Å². The molecule has 0 radical (unpaired) electrons. The second kappa shape index (κ2) is 7.61. The van der Waals surface area contributed by atoms with E-state index in [1.165, 1.54) is 5.56 Å². The summed E-state index contributed by atoms with van der Waals surface area (Å²) in [7, 11) is 0. The first-order valence-corrected chi connectivity index (χ1v) is 8.95. The maximum atomic E-state index is 11.7. The lowest BCUT2D eigenvalue weighted by Gasteiger charge is -2.10. The first-order valence-electron chi connectivity index (χ1n) is 8.54. The number of benzene rings is 2. The van der Waals surface area contributed by atoms with Crippen LogP contribution >= 0.6 is 12.2 Å². The van der Waals surface area contributed by atoms with Gasteiger partial charge in [0.05, 0.1) is 5.69 Å². The molecule has 0 atom stereocenters. The molecule has 0 fully saturated rings. The molecule has 0 bridgehead atoms. The first kappa shape index (κ1) is 18.0. The number of hydrogen-bond donors (Lipinski definition) is 2. The van der Waals surface area contributed by atoms with Crippen molar-refractivity contribution in [3.8, 4) is 5.69 Å². The van der Waals surface area contributed by atoms with Crippen LogP contribution in [0.5, 0.6) is 0 Å². The Morgan fingerprint density at radius 1 is 1.12 bits per heavy atom. The van der Waals surface area contributed by atoms with Crippen LogP contribution in [0.3, 0.4) is 0 Å². The minimum absolute atomic E-state index is 0.120. The summed E-state index contributed by atoms with van der Waals surface area (Å²) in [6.45, 7) is 5.75. The van der Waals surface area contributed by atoms with Gasteiger partial charge in [0.15, 0.2) is 5.11 Å². The first-order chi connectivity index (χ1) is 12.5. The van der Waals surface area contributed by atoms with Crippen LogP contribution in [-0.4, -0.2) is 26.0 Å². The molecule has 2 N–H and O–H groups in total. The Labute approximate surface area is 157 Å². The van der Waals surface area contributed by atoms with E-state index < -0.39 is 0 Å². The van der Waals surface area contributed by atoms with Crippen LogP contribution in [-0.2, 0) is 11.2 Å². The molecule has 1 heterocycles. The lowest BCUT2D eigenvalue weighted by Crippen LogP contribution is -2.36. The third-order valence-electron chi connectivity index (χ3n) is 3.97. The van der Waals surface area contributed by atoms with E-state index in [4.69, 9.17) is 12.2 Å². The molecule has 1 amide bonds. The lowest BCUT2D eigenvalue weighted by molar-refractivity contribution is -0.122. The summed E-state index contributed by atoms with van der Waals surface area (Å²) in [4.78, 5) is 13.3. The number of carbonyl (C=O) groups excluding carboxylic acids is 1. The minimum Gasteiger partial charge on any atom is -0.332 e. The van der Waals surface area contributed by atoms with E-state index >= 15 is 0 Å². The number of fused-ring (bicyclic) bond motifs is 1. The van der Waals surface area contributed by atoms with Crippen molar-refractivity contribution in [1.82, 2.24) is 20.3 Å². The number of rotatable bonds is 4. The van der Waals surface area contributed by atoms with Crippen molar-refractivity contribution in [2.75, 3.05) is 5.32 Å². The number of anilines is 1. The van der Waals surface area contributed by atoms with Crippen LogP contribution in [0.1, 0.15) is 26.3 Å². The summed E-state index contributed by atoms with van der Waals surface area (Å²) in [6.07, 6.45) is 0.997. The highest BCUT2D eigenvalue weighted by Crippen LogP contribution is 2.18. The molecule has 3 rings (SSSR count). The molecule has 0 spiro atoms. The fourth-order valence-corrected chi connectivity index (χ4v) is 2.61. The fourth-order valence-electron chi connectivity index (χ4n) is 2.39. The van der Waals surface area contributed by atoms with E-state index in [1.807, 2.05) is 44.2 Å². The van der Waals surface area contributed by atoms with Gasteiger partial charge in [-0.3, -0.25) is 4.79 Å². The minimum atomic E-state index is -0.128. The van der Waals surface area contributed by atoms with E-state index in [2.05, 4.69) is 39.9 Å². The summed E-state index contributed by atoms with van der Waals surface area (Å²) < 4.78 is 0. The van der Waals surface area contributed by atoms with Gasteiger partial charge in [-0.2, -0.15) is 4.80 Å². The maximum absolute atomic E-state index is 11.7. The highest BCUT2D eigenvalue weighted by Gasteiger charge is 2.10. The smallest absolute Gasteiger partial charge is 0.228 e. The molecule has 0 unspecified atom stereocenters. The second-order valence-corrected chi connectivity index (χ2v) is 6.72. The number of nitrogens with one attached hydrogen (secondary N) is 2. The van der Waals surface area contributed by atoms with E-state index in [0.717, 1.165) is 28.8 Å². The topological polar surface area (TPSA) is 71.8 Å². The number of hydrogen-bond acceptors (Lipinski definition) is 4. The van der Waals surface area contributed by atoms with Gasteiger partial charge in [-0.05, 0) is 54.5 Å². The molecular weight excluding hydrogens is 346 g/mol. The molecule has 7 heteroatoms. The van der Waals surface area contributed by atoms with E-state index in [-0.39, 0.29) is 16.9 Å². The third kappa shape index (κ3) is 4.05. The Bertz CT molecular complexity index is 946. The average molecular weight is 367 g/mol. The van der Waals surface area contributed by atoms with Gasteiger partial charge in [0.25, 0.3) is 0 Å². The van der Waals surface area contributed by atoms with Crippen molar-refractivity contribution < 1.29 is 4.79 Å². The molecular formula is C19H21N5OS. The van der Waals surface area contributed by atoms with Crippen LogP contribution in [0.4, 0.5) is 5.69 Å². The van der Waals surface area contributed by atoms with Gasteiger partial charge in [0.2, 0.25) is 5.91 Å². The Hall–Kier alpha value is -2.80. The number of aryl methyl sites for hydroxylation is 1. The van der Waals surface area contributed by atoms with Gasteiger partial charge >= 0.3 is 0 Å². The van der Waals surface area contributed by atoms with Crippen LogP contribution in [0.2, 0.25) is 0 Å². The molecule has 3 aromatic rings. The molecule has 0 saturated heterocycles. The molecule has 0 aliphatic heterocycles. The molecule has 134 valence electrons. The molecule has 2 aromatic carbocycles. The van der Waals surface area contributed by atoms with Gasteiger partial charge in [0.1, 0.15) is 11.0 Å². The largest absolute Gasteiger partial charge is 0.332 e. The Morgan fingerprint density at radius 3 is 2.46 bits per heavy atom. The van der Waals surface area contributed by atoms with Crippen molar-refractivity contribution in [3.05, 3.63) is 48.0 Å². The molecule has 0 aliphatic rings. The van der Waals surface area contributed by atoms with Gasteiger partial charge in [-0.25, -0.2) is 0 Å². The number of carbonyl (C=O) groups is 1. The summed E-state index contributed by atoms with van der Waals surface area (Å²) >= 11 is 5.18. The maximum Gasteiger partial charge on any atom is 0.228 e. The van der Waals surface area contributed by atoms with Crippen molar-refractivity contribution in [1.29, 1.82) is 0 Å². The zero-order chi connectivity index (χ0) is 18.7. The van der Waals surface area contributed by atoms with E-state index in [0.29, 0.717) is 0 Å². The standard InChI is InChI=1S/C19H21N5OS/c1-4-13-5-8-15(9-6-13)24-22-16-10-7-14(11-17(16)23-24)20-19(26)21-18(25)12(2)3/h5-12H,4H2,1-3H3,(H2,20,21,25,26). The SMILES string of the molecule is CCc1ccc(-n2nc3ccc(NC(=S)NC(=O)C(C)C)cc3n2)cc1. The second-order valence-electron chi connectivity index (χ2n) is 6.31. The average Bonchev–Trinajstić information content (AvgIpc) is 3.04. The zero-order valence-corrected chi connectivity index (χ0v) is 15.8. The van der Waals surface area contributed by atoms with Crippen molar-refractivity contribution in [2.45, 2.75) is 27.2 Å². The number of aromatic nitrogens is 3. The quantitative estimate of drug-likeness (QED) is 0.691. The van der Waals surface area contributed by atoms with Crippen molar-refractivity contribution >= 4 is 40.0 Å². The summed E-state index contributed by atoms with van der Waals surface area (Å²) in [5, 5.41) is 15.0. The summed E-state index contributed by atoms with van der Waals surface area (Å²) in [6, 6.07) is 13.7. The van der Waals surface area contributed by atoms with E-state index in [1.54, 1.807) is 4.80 Å². The Balaban J connectivity index is 1.78. The van der Waals surface area contributed by atoms with Crippen LogP contribution in [0.15, 0.2) is 42.5 Å². The summed E-state index contributed by atoms with van der Waals surface area (Å²) in [5.74, 6) is -0.249. The summed E-state index contributed by atoms with van der Waals surface area (Å²) in [5.41, 5.74) is 4.46.